The number of amides is 2. The zero-order chi connectivity index (χ0) is 20.1. The van der Waals surface area contributed by atoms with E-state index in [9.17, 15) is 9.59 Å². The predicted octanol–water partition coefficient (Wildman–Crippen LogP) is 4.95. The van der Waals surface area contributed by atoms with Crippen molar-refractivity contribution in [2.24, 2.45) is 0 Å². The summed E-state index contributed by atoms with van der Waals surface area (Å²) >= 11 is 0. The van der Waals surface area contributed by atoms with E-state index in [1.807, 2.05) is 69.3 Å². The molecule has 28 heavy (non-hydrogen) atoms. The molecule has 0 radical (unpaired) electrons. The van der Waals surface area contributed by atoms with Gasteiger partial charge in [0.15, 0.2) is 0 Å². The lowest BCUT2D eigenvalue weighted by atomic mass is 10.1. The number of benzene rings is 2. The number of anilines is 1. The van der Waals surface area contributed by atoms with Gasteiger partial charge in [-0.1, -0.05) is 36.4 Å². The molecule has 0 bridgehead atoms. The Labute approximate surface area is 165 Å². The molecule has 2 aromatic rings. The highest BCUT2D eigenvalue weighted by atomic mass is 16.6. The van der Waals surface area contributed by atoms with Gasteiger partial charge in [0, 0.05) is 5.69 Å². The average molecular weight is 382 g/mol. The molecule has 0 aliphatic heterocycles. The predicted molar refractivity (Wildman–Crippen MR) is 107 cm³/mol. The van der Waals surface area contributed by atoms with Gasteiger partial charge in [-0.2, -0.15) is 0 Å². The Morgan fingerprint density at radius 3 is 2.54 bits per heavy atom. The molecule has 0 fully saturated rings. The highest BCUT2D eigenvalue weighted by Crippen LogP contribution is 2.33. The fourth-order valence-electron chi connectivity index (χ4n) is 3.17. The number of fused-ring (bicyclic) bond motifs is 1. The van der Waals surface area contributed by atoms with E-state index in [-0.39, 0.29) is 12.6 Å². The van der Waals surface area contributed by atoms with Crippen LogP contribution < -0.4 is 10.6 Å². The summed E-state index contributed by atoms with van der Waals surface area (Å²) in [4.78, 5) is 24.0. The Balaban J connectivity index is 1.55. The normalized spacial score (nSPS) is 15.5. The van der Waals surface area contributed by atoms with Crippen molar-refractivity contribution in [2.45, 2.75) is 51.9 Å². The highest BCUT2D eigenvalue weighted by Gasteiger charge is 2.26. The van der Waals surface area contributed by atoms with Gasteiger partial charge in [0.05, 0.1) is 6.04 Å². The molecule has 0 saturated heterocycles. The number of rotatable bonds is 4. The van der Waals surface area contributed by atoms with Crippen LogP contribution >= 0.6 is 0 Å². The first-order chi connectivity index (χ1) is 13.3. The van der Waals surface area contributed by atoms with Crippen molar-refractivity contribution in [3.8, 4) is 0 Å². The summed E-state index contributed by atoms with van der Waals surface area (Å²) in [7, 11) is 0. The summed E-state index contributed by atoms with van der Waals surface area (Å²) in [5, 5.41) is 5.67. The third-order valence-corrected chi connectivity index (χ3v) is 4.37. The molecule has 2 aromatic carbocycles. The molecule has 6 heteroatoms. The Kier molecular flexibility index (Phi) is 5.87. The Morgan fingerprint density at radius 1 is 1.07 bits per heavy atom. The third-order valence-electron chi connectivity index (χ3n) is 4.37. The second-order valence-corrected chi connectivity index (χ2v) is 7.84. The maximum absolute atomic E-state index is 12.0. The molecule has 1 atom stereocenters. The number of ether oxygens (including phenoxy) is 2. The van der Waals surface area contributed by atoms with Crippen molar-refractivity contribution >= 4 is 17.9 Å². The van der Waals surface area contributed by atoms with E-state index in [0.29, 0.717) is 5.69 Å². The van der Waals surface area contributed by atoms with Crippen molar-refractivity contribution in [3.63, 3.8) is 0 Å². The lowest BCUT2D eigenvalue weighted by molar-refractivity contribution is 0.0503. The maximum Gasteiger partial charge on any atom is 0.411 e. The van der Waals surface area contributed by atoms with Crippen LogP contribution in [0.2, 0.25) is 0 Å². The number of carbonyl (C=O) groups excluding carboxylic acids is 2. The van der Waals surface area contributed by atoms with Gasteiger partial charge < -0.3 is 14.8 Å². The molecule has 148 valence electrons. The first kappa shape index (κ1) is 19.7. The molecule has 0 unspecified atom stereocenters. The first-order valence-corrected chi connectivity index (χ1v) is 9.40. The maximum atomic E-state index is 12.0. The Bertz CT molecular complexity index is 843. The number of aryl methyl sites for hydroxylation is 1. The summed E-state index contributed by atoms with van der Waals surface area (Å²) in [5.41, 5.74) is 3.23. The van der Waals surface area contributed by atoms with Crippen molar-refractivity contribution in [3.05, 3.63) is 65.2 Å². The molecule has 0 aromatic heterocycles. The second-order valence-electron chi connectivity index (χ2n) is 7.84. The average Bonchev–Trinajstić information content (AvgIpc) is 3.01. The topological polar surface area (TPSA) is 76.7 Å². The van der Waals surface area contributed by atoms with Crippen molar-refractivity contribution in [1.82, 2.24) is 5.32 Å². The van der Waals surface area contributed by atoms with Crippen molar-refractivity contribution in [2.75, 3.05) is 5.32 Å². The minimum Gasteiger partial charge on any atom is -0.444 e. The number of carbonyl (C=O) groups is 2. The molecule has 1 aliphatic carbocycles. The van der Waals surface area contributed by atoms with Crippen LogP contribution in [0.25, 0.3) is 0 Å². The monoisotopic (exact) mass is 382 g/mol. The number of hydrogen-bond donors (Lipinski definition) is 2. The van der Waals surface area contributed by atoms with Crippen LogP contribution in [0.4, 0.5) is 15.3 Å². The Hall–Kier alpha value is -3.02. The van der Waals surface area contributed by atoms with E-state index < -0.39 is 17.8 Å². The minimum atomic E-state index is -0.528. The van der Waals surface area contributed by atoms with Gasteiger partial charge >= 0.3 is 12.2 Å². The molecule has 0 saturated carbocycles. The summed E-state index contributed by atoms with van der Waals surface area (Å²) in [6.45, 7) is 5.73. The number of hydrogen-bond acceptors (Lipinski definition) is 4. The van der Waals surface area contributed by atoms with Crippen LogP contribution in [0.3, 0.4) is 0 Å². The Morgan fingerprint density at radius 2 is 1.82 bits per heavy atom. The van der Waals surface area contributed by atoms with Crippen LogP contribution in [-0.4, -0.2) is 17.8 Å². The fourth-order valence-corrected chi connectivity index (χ4v) is 3.17. The second kappa shape index (κ2) is 8.33. The van der Waals surface area contributed by atoms with E-state index in [4.69, 9.17) is 9.47 Å². The summed E-state index contributed by atoms with van der Waals surface area (Å²) < 4.78 is 10.6. The number of alkyl carbamates (subject to hydrolysis) is 1. The smallest absolute Gasteiger partial charge is 0.411 e. The van der Waals surface area contributed by atoms with Gasteiger partial charge in [-0.15, -0.1) is 0 Å². The summed E-state index contributed by atoms with van der Waals surface area (Å²) in [6, 6.07) is 15.1. The first-order valence-electron chi connectivity index (χ1n) is 9.40. The van der Waals surface area contributed by atoms with Crippen LogP contribution in [0.5, 0.6) is 0 Å². The molecule has 1 aliphatic rings. The molecular weight excluding hydrogens is 356 g/mol. The number of nitrogens with one attached hydrogen (secondary N) is 2. The van der Waals surface area contributed by atoms with Crippen LogP contribution in [0.15, 0.2) is 48.5 Å². The van der Waals surface area contributed by atoms with Gasteiger partial charge in [0.25, 0.3) is 0 Å². The quantitative estimate of drug-likeness (QED) is 0.785. The minimum absolute atomic E-state index is 0.0797. The van der Waals surface area contributed by atoms with Gasteiger partial charge in [0.2, 0.25) is 0 Å². The molecular formula is C22H26N2O4. The van der Waals surface area contributed by atoms with E-state index >= 15 is 0 Å². The molecule has 0 spiro atoms. The van der Waals surface area contributed by atoms with Crippen LogP contribution in [0, 0.1) is 0 Å². The largest absolute Gasteiger partial charge is 0.444 e. The van der Waals surface area contributed by atoms with Crippen LogP contribution in [0.1, 0.15) is 49.9 Å². The third kappa shape index (κ3) is 5.49. The van der Waals surface area contributed by atoms with Crippen LogP contribution in [-0.2, 0) is 22.5 Å². The van der Waals surface area contributed by atoms with E-state index in [2.05, 4.69) is 10.6 Å². The highest BCUT2D eigenvalue weighted by molar-refractivity contribution is 5.84. The summed E-state index contributed by atoms with van der Waals surface area (Å²) in [5.74, 6) is 0. The fraction of sp³-hybridized carbons (Fsp3) is 0.364. The van der Waals surface area contributed by atoms with E-state index in [0.717, 1.165) is 29.5 Å². The molecule has 2 amide bonds. The molecule has 2 N–H and O–H groups in total. The van der Waals surface area contributed by atoms with Gasteiger partial charge in [0.1, 0.15) is 12.2 Å². The molecule has 3 rings (SSSR count). The lowest BCUT2D eigenvalue weighted by Crippen LogP contribution is -2.34. The molecule has 6 nitrogen and oxygen atoms in total. The van der Waals surface area contributed by atoms with Crippen molar-refractivity contribution in [1.29, 1.82) is 0 Å². The van der Waals surface area contributed by atoms with Crippen molar-refractivity contribution < 1.29 is 19.1 Å². The molecule has 0 heterocycles. The zero-order valence-corrected chi connectivity index (χ0v) is 16.5. The lowest BCUT2D eigenvalue weighted by Gasteiger charge is -2.22. The van der Waals surface area contributed by atoms with E-state index in [1.165, 1.54) is 0 Å². The standard InChI is InChI=1S/C22H26N2O4/c1-22(2,3)28-21(26)24-19-12-9-16-13-17(10-11-18(16)19)23-20(25)27-14-15-7-5-4-6-8-15/h4-8,10-11,13,19H,9,12,14H2,1-3H3,(H,23,25)(H,24,26)/t19-/m0/s1. The summed E-state index contributed by atoms with van der Waals surface area (Å²) in [6.07, 6.45) is 0.711. The zero-order valence-electron chi connectivity index (χ0n) is 16.5. The van der Waals surface area contributed by atoms with Gasteiger partial charge in [-0.05, 0) is 62.4 Å². The van der Waals surface area contributed by atoms with E-state index in [1.54, 1.807) is 0 Å². The van der Waals surface area contributed by atoms with Gasteiger partial charge in [-0.3, -0.25) is 5.32 Å². The van der Waals surface area contributed by atoms with Gasteiger partial charge in [-0.25, -0.2) is 9.59 Å². The SMILES string of the molecule is CC(C)(C)OC(=O)N[C@H]1CCc2cc(NC(=O)OCc3ccccc3)ccc21.